The Balaban J connectivity index is 3.59. The van der Waals surface area contributed by atoms with Crippen molar-refractivity contribution in [2.24, 2.45) is 5.92 Å². The van der Waals surface area contributed by atoms with Crippen LogP contribution in [0.25, 0.3) is 0 Å². The van der Waals surface area contributed by atoms with E-state index in [4.69, 9.17) is 9.84 Å². The molecule has 0 rings (SSSR count). The summed E-state index contributed by atoms with van der Waals surface area (Å²) in [6.45, 7) is 6.89. The van der Waals surface area contributed by atoms with Crippen LogP contribution in [-0.4, -0.2) is 36.2 Å². The molecule has 0 spiro atoms. The summed E-state index contributed by atoms with van der Waals surface area (Å²) in [4.78, 5) is 22.2. The van der Waals surface area contributed by atoms with Crippen molar-refractivity contribution in [2.45, 2.75) is 58.9 Å². The van der Waals surface area contributed by atoms with Gasteiger partial charge in [0.15, 0.2) is 0 Å². The van der Waals surface area contributed by atoms with Crippen molar-refractivity contribution in [1.82, 2.24) is 5.32 Å². The maximum absolute atomic E-state index is 11.6. The predicted molar refractivity (Wildman–Crippen MR) is 74.0 cm³/mol. The van der Waals surface area contributed by atoms with E-state index in [0.29, 0.717) is 26.1 Å². The van der Waals surface area contributed by atoms with Crippen molar-refractivity contribution in [2.75, 3.05) is 13.2 Å². The maximum Gasteiger partial charge on any atom is 0.306 e. The normalized spacial score (nSPS) is 13.8. The molecule has 0 fully saturated rings. The number of nitrogens with one attached hydrogen (secondary N) is 1. The smallest absolute Gasteiger partial charge is 0.306 e. The van der Waals surface area contributed by atoms with Crippen molar-refractivity contribution < 1.29 is 19.4 Å². The first kappa shape index (κ1) is 17.9. The van der Waals surface area contributed by atoms with Gasteiger partial charge in [0.05, 0.1) is 5.92 Å². The molecule has 0 saturated carbocycles. The first-order valence-electron chi connectivity index (χ1n) is 7.07. The van der Waals surface area contributed by atoms with Crippen molar-refractivity contribution in [3.05, 3.63) is 0 Å². The van der Waals surface area contributed by atoms with E-state index in [9.17, 15) is 9.59 Å². The third-order valence-electron chi connectivity index (χ3n) is 3.00. The molecule has 2 N–H and O–H groups in total. The Kier molecular flexibility index (Phi) is 10.2. The minimum Gasteiger partial charge on any atom is -0.481 e. The highest BCUT2D eigenvalue weighted by molar-refractivity contribution is 5.76. The van der Waals surface area contributed by atoms with Crippen molar-refractivity contribution in [3.63, 3.8) is 0 Å². The Labute approximate surface area is 115 Å². The van der Waals surface area contributed by atoms with Gasteiger partial charge in [0.2, 0.25) is 5.91 Å². The number of hydrogen-bond acceptors (Lipinski definition) is 3. The van der Waals surface area contributed by atoms with Crippen molar-refractivity contribution in [3.8, 4) is 0 Å². The summed E-state index contributed by atoms with van der Waals surface area (Å²) in [6, 6.07) is 0.0978. The van der Waals surface area contributed by atoms with Gasteiger partial charge in [-0.15, -0.1) is 0 Å². The van der Waals surface area contributed by atoms with Gasteiger partial charge < -0.3 is 15.2 Å². The van der Waals surface area contributed by atoms with E-state index < -0.39 is 5.97 Å². The molecule has 1 amide bonds. The minimum atomic E-state index is -0.757. The summed E-state index contributed by atoms with van der Waals surface area (Å²) < 4.78 is 5.17. The average molecular weight is 273 g/mol. The summed E-state index contributed by atoms with van der Waals surface area (Å²) in [5.74, 6) is -1.03. The van der Waals surface area contributed by atoms with Gasteiger partial charge in [-0.05, 0) is 33.1 Å². The molecule has 0 saturated heterocycles. The molecule has 2 unspecified atom stereocenters. The number of carboxylic acid groups (broad SMARTS) is 1. The third-order valence-corrected chi connectivity index (χ3v) is 3.00. The fourth-order valence-corrected chi connectivity index (χ4v) is 1.75. The van der Waals surface area contributed by atoms with Crippen molar-refractivity contribution >= 4 is 11.9 Å². The van der Waals surface area contributed by atoms with Gasteiger partial charge in [-0.3, -0.25) is 9.59 Å². The van der Waals surface area contributed by atoms with E-state index in [1.807, 2.05) is 13.8 Å². The van der Waals surface area contributed by atoms with Gasteiger partial charge in [-0.1, -0.05) is 13.3 Å². The van der Waals surface area contributed by atoms with Gasteiger partial charge in [0, 0.05) is 25.7 Å². The molecule has 0 aliphatic heterocycles. The molecule has 5 heteroatoms. The largest absolute Gasteiger partial charge is 0.481 e. The second kappa shape index (κ2) is 10.8. The Morgan fingerprint density at radius 1 is 1.21 bits per heavy atom. The molecule has 112 valence electrons. The number of hydrogen-bond donors (Lipinski definition) is 2. The standard InChI is InChI=1S/C14H27NO4/c1-4-19-10-6-9-13(16)15-12(3)8-5-7-11(2)14(17)18/h11-12H,4-10H2,1-3H3,(H,15,16)(H,17,18). The number of aliphatic carboxylic acids is 1. The number of rotatable bonds is 11. The van der Waals surface area contributed by atoms with Gasteiger partial charge in [-0.25, -0.2) is 0 Å². The molecule has 0 aromatic carbocycles. The molecular formula is C14H27NO4. The SMILES string of the molecule is CCOCCCC(=O)NC(C)CCCC(C)C(=O)O. The summed E-state index contributed by atoms with van der Waals surface area (Å²) in [6.07, 6.45) is 3.50. The molecular weight excluding hydrogens is 246 g/mol. The van der Waals surface area contributed by atoms with E-state index in [2.05, 4.69) is 5.32 Å². The number of carbonyl (C=O) groups excluding carboxylic acids is 1. The zero-order valence-corrected chi connectivity index (χ0v) is 12.3. The number of ether oxygens (including phenoxy) is 1. The summed E-state index contributed by atoms with van der Waals surface area (Å²) in [7, 11) is 0. The molecule has 5 nitrogen and oxygen atoms in total. The topological polar surface area (TPSA) is 75.6 Å². The molecule has 0 aliphatic rings. The Bertz CT molecular complexity index is 268. The first-order valence-corrected chi connectivity index (χ1v) is 7.07. The molecule has 0 heterocycles. The number of amides is 1. The Morgan fingerprint density at radius 2 is 1.89 bits per heavy atom. The fraction of sp³-hybridized carbons (Fsp3) is 0.857. The van der Waals surface area contributed by atoms with E-state index in [1.54, 1.807) is 6.92 Å². The molecule has 0 aliphatic carbocycles. The summed E-state index contributed by atoms with van der Waals surface area (Å²) in [5, 5.41) is 11.7. The average Bonchev–Trinajstić information content (AvgIpc) is 2.34. The quantitative estimate of drug-likeness (QED) is 0.566. The minimum absolute atomic E-state index is 0.0403. The monoisotopic (exact) mass is 273 g/mol. The van der Waals surface area contributed by atoms with Crippen LogP contribution in [0.4, 0.5) is 0 Å². The van der Waals surface area contributed by atoms with Crippen LogP contribution in [-0.2, 0) is 14.3 Å². The molecule has 0 bridgehead atoms. The molecule has 2 atom stereocenters. The van der Waals surface area contributed by atoms with E-state index in [-0.39, 0.29) is 17.9 Å². The van der Waals surface area contributed by atoms with Crippen LogP contribution in [0.3, 0.4) is 0 Å². The van der Waals surface area contributed by atoms with Gasteiger partial charge in [0.1, 0.15) is 0 Å². The summed E-state index contributed by atoms with van der Waals surface area (Å²) >= 11 is 0. The Hall–Kier alpha value is -1.10. The lowest BCUT2D eigenvalue weighted by atomic mass is 10.0. The van der Waals surface area contributed by atoms with Crippen LogP contribution < -0.4 is 5.32 Å². The van der Waals surface area contributed by atoms with Crippen LogP contribution in [0, 0.1) is 5.92 Å². The first-order chi connectivity index (χ1) is 8.97. The Morgan fingerprint density at radius 3 is 2.47 bits per heavy atom. The number of carboxylic acids is 1. The molecule has 0 aromatic rings. The van der Waals surface area contributed by atoms with Crippen LogP contribution in [0.2, 0.25) is 0 Å². The van der Waals surface area contributed by atoms with Gasteiger partial charge >= 0.3 is 5.97 Å². The van der Waals surface area contributed by atoms with Crippen LogP contribution in [0.5, 0.6) is 0 Å². The fourth-order valence-electron chi connectivity index (χ4n) is 1.75. The zero-order valence-electron chi connectivity index (χ0n) is 12.3. The highest BCUT2D eigenvalue weighted by Crippen LogP contribution is 2.09. The third kappa shape index (κ3) is 10.5. The highest BCUT2D eigenvalue weighted by Gasteiger charge is 2.12. The van der Waals surface area contributed by atoms with Crippen molar-refractivity contribution in [1.29, 1.82) is 0 Å². The zero-order chi connectivity index (χ0) is 14.7. The lowest BCUT2D eigenvalue weighted by Gasteiger charge is -2.14. The predicted octanol–water partition coefficient (Wildman–Crippen LogP) is 2.20. The molecule has 0 radical (unpaired) electrons. The number of carbonyl (C=O) groups is 2. The lowest BCUT2D eigenvalue weighted by molar-refractivity contribution is -0.141. The van der Waals surface area contributed by atoms with Crippen LogP contribution in [0.15, 0.2) is 0 Å². The maximum atomic E-state index is 11.6. The van der Waals surface area contributed by atoms with Crippen LogP contribution >= 0.6 is 0 Å². The summed E-state index contributed by atoms with van der Waals surface area (Å²) in [5.41, 5.74) is 0. The van der Waals surface area contributed by atoms with E-state index in [1.165, 1.54) is 0 Å². The van der Waals surface area contributed by atoms with E-state index >= 15 is 0 Å². The highest BCUT2D eigenvalue weighted by atomic mass is 16.5. The van der Waals surface area contributed by atoms with Gasteiger partial charge in [-0.2, -0.15) is 0 Å². The molecule has 19 heavy (non-hydrogen) atoms. The van der Waals surface area contributed by atoms with Crippen LogP contribution in [0.1, 0.15) is 52.9 Å². The van der Waals surface area contributed by atoms with E-state index in [0.717, 1.165) is 19.3 Å². The molecule has 0 aromatic heterocycles. The second-order valence-corrected chi connectivity index (χ2v) is 4.94. The second-order valence-electron chi connectivity index (χ2n) is 4.94. The van der Waals surface area contributed by atoms with Gasteiger partial charge in [0.25, 0.3) is 0 Å². The lowest BCUT2D eigenvalue weighted by Crippen LogP contribution is -2.32.